The van der Waals surface area contributed by atoms with Crippen LogP contribution in [-0.4, -0.2) is 45.1 Å². The second-order valence-electron chi connectivity index (χ2n) is 5.40. The average molecular weight is 342 g/mol. The minimum Gasteiger partial charge on any atom is -0.497 e. The van der Waals surface area contributed by atoms with Crippen LogP contribution in [-0.2, 0) is 14.8 Å². The van der Waals surface area contributed by atoms with Gasteiger partial charge in [0.05, 0.1) is 13.4 Å². The lowest BCUT2D eigenvalue weighted by molar-refractivity contribution is -0.116. The van der Waals surface area contributed by atoms with Crippen LogP contribution in [0.25, 0.3) is 0 Å². The Morgan fingerprint density at radius 2 is 2.00 bits per heavy atom. The summed E-state index contributed by atoms with van der Waals surface area (Å²) in [5, 5.41) is 2.75. The second kappa shape index (κ2) is 9.52. The van der Waals surface area contributed by atoms with Crippen molar-refractivity contribution in [2.24, 2.45) is 0 Å². The number of sulfonamides is 1. The van der Waals surface area contributed by atoms with Gasteiger partial charge in [0, 0.05) is 31.3 Å². The minimum absolute atomic E-state index is 0.121. The number of carbonyl (C=O) groups excluding carboxylic acids is 1. The number of carbonyl (C=O) groups is 1. The lowest BCUT2D eigenvalue weighted by atomic mass is 10.2. The third-order valence-corrected chi connectivity index (χ3v) is 4.73. The Kier molecular flexibility index (Phi) is 8.05. The molecule has 0 aromatic heterocycles. The van der Waals surface area contributed by atoms with E-state index in [0.717, 1.165) is 19.3 Å². The van der Waals surface area contributed by atoms with Gasteiger partial charge < -0.3 is 10.1 Å². The molecule has 0 bridgehead atoms. The van der Waals surface area contributed by atoms with Gasteiger partial charge in [0.2, 0.25) is 15.9 Å². The molecular weight excluding hydrogens is 316 g/mol. The molecule has 23 heavy (non-hydrogen) atoms. The maximum absolute atomic E-state index is 12.0. The summed E-state index contributed by atoms with van der Waals surface area (Å²) in [5.41, 5.74) is 0.631. The molecule has 0 unspecified atom stereocenters. The molecule has 1 aromatic rings. The minimum atomic E-state index is -3.29. The number of nitrogens with zero attached hydrogens (tertiary/aromatic N) is 1. The number of hydrogen-bond acceptors (Lipinski definition) is 4. The Morgan fingerprint density at radius 3 is 2.61 bits per heavy atom. The van der Waals surface area contributed by atoms with Gasteiger partial charge in [0.25, 0.3) is 0 Å². The highest BCUT2D eigenvalue weighted by atomic mass is 32.2. The quantitative estimate of drug-likeness (QED) is 0.663. The Bertz CT molecular complexity index is 602. The van der Waals surface area contributed by atoms with Gasteiger partial charge in [-0.05, 0) is 18.6 Å². The third-order valence-electron chi connectivity index (χ3n) is 3.42. The van der Waals surface area contributed by atoms with Crippen molar-refractivity contribution >= 4 is 21.6 Å². The summed E-state index contributed by atoms with van der Waals surface area (Å²) >= 11 is 0. The van der Waals surface area contributed by atoms with Gasteiger partial charge in [-0.2, -0.15) is 0 Å². The van der Waals surface area contributed by atoms with Gasteiger partial charge in [-0.1, -0.05) is 25.8 Å². The van der Waals surface area contributed by atoms with Crippen molar-refractivity contribution in [1.29, 1.82) is 0 Å². The first kappa shape index (κ1) is 19.4. The average Bonchev–Trinajstić information content (AvgIpc) is 2.49. The summed E-state index contributed by atoms with van der Waals surface area (Å²) in [4.78, 5) is 12.0. The van der Waals surface area contributed by atoms with E-state index in [4.69, 9.17) is 4.74 Å². The number of rotatable bonds is 10. The van der Waals surface area contributed by atoms with Gasteiger partial charge in [-0.25, -0.2) is 12.7 Å². The molecule has 0 radical (unpaired) electrons. The monoisotopic (exact) mass is 342 g/mol. The maximum atomic E-state index is 12.0. The van der Waals surface area contributed by atoms with Crippen LogP contribution >= 0.6 is 0 Å². The van der Waals surface area contributed by atoms with E-state index in [-0.39, 0.29) is 18.9 Å². The first-order valence-electron chi connectivity index (χ1n) is 7.76. The molecule has 6 nitrogen and oxygen atoms in total. The van der Waals surface area contributed by atoms with Crippen LogP contribution in [0.3, 0.4) is 0 Å². The first-order valence-corrected chi connectivity index (χ1v) is 9.60. The van der Waals surface area contributed by atoms with Crippen LogP contribution in [0.5, 0.6) is 5.75 Å². The van der Waals surface area contributed by atoms with Crippen LogP contribution in [0.2, 0.25) is 0 Å². The summed E-state index contributed by atoms with van der Waals surface area (Å²) < 4.78 is 30.0. The molecule has 0 aliphatic carbocycles. The summed E-state index contributed by atoms with van der Waals surface area (Å²) in [5.74, 6) is 0.433. The van der Waals surface area contributed by atoms with Crippen molar-refractivity contribution in [3.8, 4) is 5.75 Å². The number of unbranched alkanes of at least 4 members (excludes halogenated alkanes) is 2. The lowest BCUT2D eigenvalue weighted by Gasteiger charge is -2.19. The topological polar surface area (TPSA) is 75.7 Å². The summed E-state index contributed by atoms with van der Waals surface area (Å²) in [6.07, 6.45) is 4.10. The lowest BCUT2D eigenvalue weighted by Crippen LogP contribution is -2.33. The van der Waals surface area contributed by atoms with E-state index in [9.17, 15) is 13.2 Å². The Morgan fingerprint density at radius 1 is 1.26 bits per heavy atom. The van der Waals surface area contributed by atoms with Gasteiger partial charge in [0.15, 0.2) is 0 Å². The fourth-order valence-corrected chi connectivity index (χ4v) is 3.02. The van der Waals surface area contributed by atoms with Gasteiger partial charge >= 0.3 is 0 Å². The third kappa shape index (κ3) is 7.47. The molecule has 130 valence electrons. The smallest absolute Gasteiger partial charge is 0.225 e. The normalized spacial score (nSPS) is 11.5. The molecule has 0 saturated heterocycles. The molecule has 7 heteroatoms. The van der Waals surface area contributed by atoms with E-state index in [1.54, 1.807) is 31.4 Å². The number of anilines is 1. The number of hydrogen-bond donors (Lipinski definition) is 1. The predicted octanol–water partition coefficient (Wildman–Crippen LogP) is 2.48. The van der Waals surface area contributed by atoms with Crippen molar-refractivity contribution in [1.82, 2.24) is 4.31 Å². The number of amides is 1. The number of methoxy groups -OCH3 is 1. The standard InChI is InChI=1S/C16H26N2O4S/c1-4-5-6-11-18(23(3,20)21)12-10-16(19)17-14-8-7-9-15(13-14)22-2/h7-9,13H,4-6,10-12H2,1-3H3,(H,17,19). The highest BCUT2D eigenvalue weighted by Crippen LogP contribution is 2.17. The van der Waals surface area contributed by atoms with E-state index in [1.807, 2.05) is 0 Å². The van der Waals surface area contributed by atoms with E-state index < -0.39 is 10.0 Å². The second-order valence-corrected chi connectivity index (χ2v) is 7.38. The number of benzene rings is 1. The maximum Gasteiger partial charge on any atom is 0.225 e. The Labute approximate surface area is 138 Å². The summed E-state index contributed by atoms with van der Waals surface area (Å²) in [7, 11) is -1.73. The molecule has 0 spiro atoms. The highest BCUT2D eigenvalue weighted by Gasteiger charge is 2.17. The van der Waals surface area contributed by atoms with Crippen molar-refractivity contribution in [3.63, 3.8) is 0 Å². The molecular formula is C16H26N2O4S. The first-order chi connectivity index (χ1) is 10.9. The van der Waals surface area contributed by atoms with Crippen molar-refractivity contribution in [2.45, 2.75) is 32.6 Å². The predicted molar refractivity (Wildman–Crippen MR) is 92.2 cm³/mol. The Balaban J connectivity index is 2.54. The van der Waals surface area contributed by atoms with Gasteiger partial charge in [-0.15, -0.1) is 0 Å². The molecule has 0 aliphatic heterocycles. The Hall–Kier alpha value is -1.60. The van der Waals surface area contributed by atoms with Crippen LogP contribution in [0, 0.1) is 0 Å². The highest BCUT2D eigenvalue weighted by molar-refractivity contribution is 7.88. The van der Waals surface area contributed by atoms with Crippen LogP contribution < -0.4 is 10.1 Å². The van der Waals surface area contributed by atoms with E-state index in [1.165, 1.54) is 10.6 Å². The molecule has 0 saturated carbocycles. The summed E-state index contributed by atoms with van der Waals surface area (Å²) in [6, 6.07) is 7.04. The van der Waals surface area contributed by atoms with Crippen molar-refractivity contribution in [2.75, 3.05) is 31.8 Å². The molecule has 0 atom stereocenters. The van der Waals surface area contributed by atoms with Crippen LogP contribution in [0.1, 0.15) is 32.6 Å². The number of nitrogens with one attached hydrogen (secondary N) is 1. The molecule has 0 aliphatic rings. The zero-order chi connectivity index (χ0) is 17.3. The molecule has 1 aromatic carbocycles. The van der Waals surface area contributed by atoms with Crippen LogP contribution in [0.4, 0.5) is 5.69 Å². The number of ether oxygens (including phenoxy) is 1. The van der Waals surface area contributed by atoms with E-state index in [2.05, 4.69) is 12.2 Å². The van der Waals surface area contributed by atoms with E-state index >= 15 is 0 Å². The van der Waals surface area contributed by atoms with Gasteiger partial charge in [0.1, 0.15) is 5.75 Å². The van der Waals surface area contributed by atoms with Crippen molar-refractivity contribution in [3.05, 3.63) is 24.3 Å². The molecule has 0 fully saturated rings. The zero-order valence-corrected chi connectivity index (χ0v) is 14.9. The largest absolute Gasteiger partial charge is 0.497 e. The summed E-state index contributed by atoms with van der Waals surface area (Å²) in [6.45, 7) is 2.71. The SMILES string of the molecule is CCCCCN(CCC(=O)Nc1cccc(OC)c1)S(C)(=O)=O. The van der Waals surface area contributed by atoms with Gasteiger partial charge in [-0.3, -0.25) is 4.79 Å². The fraction of sp³-hybridized carbons (Fsp3) is 0.562. The fourth-order valence-electron chi connectivity index (χ4n) is 2.13. The molecule has 1 amide bonds. The zero-order valence-electron chi connectivity index (χ0n) is 14.0. The van der Waals surface area contributed by atoms with Crippen LogP contribution in [0.15, 0.2) is 24.3 Å². The van der Waals surface area contributed by atoms with E-state index in [0.29, 0.717) is 18.0 Å². The molecule has 1 N–H and O–H groups in total. The molecule has 0 heterocycles. The van der Waals surface area contributed by atoms with Crippen molar-refractivity contribution < 1.29 is 17.9 Å². The molecule has 1 rings (SSSR count).